The largest absolute Gasteiger partial charge is 0.294 e. The first-order valence-electron chi connectivity index (χ1n) is 12.1. The van der Waals surface area contributed by atoms with Gasteiger partial charge in [-0.3, -0.25) is 9.13 Å². The van der Waals surface area contributed by atoms with E-state index in [4.69, 9.17) is 9.97 Å². The maximum Gasteiger partial charge on any atom is 0.163 e. The molecule has 0 fully saturated rings. The van der Waals surface area contributed by atoms with Crippen molar-refractivity contribution >= 4 is 54.6 Å². The van der Waals surface area contributed by atoms with E-state index in [1.54, 1.807) is 0 Å². The standard InChI is InChI=1S/C32H20N4/c1-5-13-26-22(9-1)23-10-2-6-14-27(23)35(26)30-19-17-21-18-20-31(34-32(21)33-30)36-28-15-7-3-11-24(28)25-12-4-8-16-29(25)36/h1-20H. The van der Waals surface area contributed by atoms with Gasteiger partial charge in [-0.05, 0) is 48.5 Å². The molecule has 0 aliphatic heterocycles. The molecule has 0 saturated heterocycles. The summed E-state index contributed by atoms with van der Waals surface area (Å²) in [5.74, 6) is 1.73. The summed E-state index contributed by atoms with van der Waals surface area (Å²) in [5, 5.41) is 5.91. The van der Waals surface area contributed by atoms with Gasteiger partial charge in [0.25, 0.3) is 0 Å². The lowest BCUT2D eigenvalue weighted by molar-refractivity contribution is 1.06. The first kappa shape index (κ1) is 19.4. The third-order valence-corrected chi connectivity index (χ3v) is 7.14. The molecule has 0 spiro atoms. The van der Waals surface area contributed by atoms with Gasteiger partial charge in [0.05, 0.1) is 22.1 Å². The van der Waals surface area contributed by atoms with Crippen LogP contribution in [0.5, 0.6) is 0 Å². The molecule has 36 heavy (non-hydrogen) atoms. The molecule has 0 radical (unpaired) electrons. The summed E-state index contributed by atoms with van der Waals surface area (Å²) in [7, 11) is 0. The normalized spacial score (nSPS) is 11.9. The lowest BCUT2D eigenvalue weighted by Gasteiger charge is -2.10. The van der Waals surface area contributed by atoms with E-state index in [1.807, 2.05) is 0 Å². The Bertz CT molecular complexity index is 1860. The average molecular weight is 461 g/mol. The van der Waals surface area contributed by atoms with Crippen LogP contribution < -0.4 is 0 Å². The van der Waals surface area contributed by atoms with E-state index in [0.717, 1.165) is 44.7 Å². The Balaban J connectivity index is 1.40. The fraction of sp³-hybridized carbons (Fsp3) is 0. The number of pyridine rings is 2. The van der Waals surface area contributed by atoms with Crippen LogP contribution in [0, 0.1) is 0 Å². The molecule has 8 rings (SSSR count). The zero-order chi connectivity index (χ0) is 23.6. The first-order chi connectivity index (χ1) is 17.9. The van der Waals surface area contributed by atoms with Crippen molar-refractivity contribution in [3.05, 3.63) is 121 Å². The molecular weight excluding hydrogens is 440 g/mol. The Kier molecular flexibility index (Phi) is 3.91. The zero-order valence-corrected chi connectivity index (χ0v) is 19.3. The highest BCUT2D eigenvalue weighted by Gasteiger charge is 2.15. The second kappa shape index (κ2) is 7.27. The van der Waals surface area contributed by atoms with Crippen LogP contribution in [0.4, 0.5) is 0 Å². The van der Waals surface area contributed by atoms with Crippen LogP contribution in [-0.4, -0.2) is 19.1 Å². The average Bonchev–Trinajstić information content (AvgIpc) is 3.46. The fourth-order valence-corrected chi connectivity index (χ4v) is 5.57. The Morgan fingerprint density at radius 3 is 1.06 bits per heavy atom. The molecule has 0 unspecified atom stereocenters. The maximum absolute atomic E-state index is 5.09. The number of fused-ring (bicyclic) bond motifs is 7. The van der Waals surface area contributed by atoms with Crippen molar-refractivity contribution in [3.63, 3.8) is 0 Å². The van der Waals surface area contributed by atoms with Crippen molar-refractivity contribution in [2.24, 2.45) is 0 Å². The van der Waals surface area contributed by atoms with Crippen molar-refractivity contribution in [1.29, 1.82) is 0 Å². The molecule has 0 saturated carbocycles. The molecule has 4 heteroatoms. The van der Waals surface area contributed by atoms with E-state index in [0.29, 0.717) is 0 Å². The third kappa shape index (κ3) is 2.64. The number of aromatic nitrogens is 4. The van der Waals surface area contributed by atoms with Gasteiger partial charge in [0.15, 0.2) is 5.65 Å². The summed E-state index contributed by atoms with van der Waals surface area (Å²) >= 11 is 0. The van der Waals surface area contributed by atoms with Crippen molar-refractivity contribution in [3.8, 4) is 11.6 Å². The summed E-state index contributed by atoms with van der Waals surface area (Å²) in [6, 6.07) is 42.4. The van der Waals surface area contributed by atoms with Crippen LogP contribution in [0.2, 0.25) is 0 Å². The zero-order valence-electron chi connectivity index (χ0n) is 19.3. The molecule has 0 aliphatic rings. The summed E-state index contributed by atoms with van der Waals surface area (Å²) in [5.41, 5.74) is 5.30. The van der Waals surface area contributed by atoms with Gasteiger partial charge < -0.3 is 0 Å². The van der Waals surface area contributed by atoms with Gasteiger partial charge in [-0.1, -0.05) is 72.8 Å². The van der Waals surface area contributed by atoms with Gasteiger partial charge >= 0.3 is 0 Å². The molecule has 0 bridgehead atoms. The molecule has 0 N–H and O–H groups in total. The Morgan fingerprint density at radius 2 is 0.694 bits per heavy atom. The van der Waals surface area contributed by atoms with Crippen LogP contribution in [0.1, 0.15) is 0 Å². The molecular formula is C32H20N4. The van der Waals surface area contributed by atoms with Crippen LogP contribution in [0.15, 0.2) is 121 Å². The number of benzene rings is 4. The number of hydrogen-bond acceptors (Lipinski definition) is 2. The molecule has 4 aromatic heterocycles. The maximum atomic E-state index is 5.09. The van der Waals surface area contributed by atoms with Crippen molar-refractivity contribution in [1.82, 2.24) is 19.1 Å². The molecule has 0 amide bonds. The van der Waals surface area contributed by atoms with E-state index in [-0.39, 0.29) is 0 Å². The number of rotatable bonds is 2. The predicted molar refractivity (Wildman–Crippen MR) is 148 cm³/mol. The third-order valence-electron chi connectivity index (χ3n) is 7.14. The van der Waals surface area contributed by atoms with Gasteiger partial charge in [-0.2, -0.15) is 0 Å². The lowest BCUT2D eigenvalue weighted by atomic mass is 10.2. The van der Waals surface area contributed by atoms with Gasteiger partial charge in [0.1, 0.15) is 11.6 Å². The second-order valence-corrected chi connectivity index (χ2v) is 9.13. The van der Waals surface area contributed by atoms with E-state index in [2.05, 4.69) is 130 Å². The summed E-state index contributed by atoms with van der Waals surface area (Å²) in [6.07, 6.45) is 0. The lowest BCUT2D eigenvalue weighted by Crippen LogP contribution is -2.01. The predicted octanol–water partition coefficient (Wildman–Crippen LogP) is 7.82. The topological polar surface area (TPSA) is 35.6 Å². The van der Waals surface area contributed by atoms with Gasteiger partial charge in [0.2, 0.25) is 0 Å². The van der Waals surface area contributed by atoms with Crippen LogP contribution in [0.3, 0.4) is 0 Å². The Labute approximate surface area is 206 Å². The van der Waals surface area contributed by atoms with E-state index in [9.17, 15) is 0 Å². The molecule has 4 heterocycles. The number of nitrogens with zero attached hydrogens (tertiary/aromatic N) is 4. The summed E-state index contributed by atoms with van der Waals surface area (Å²) < 4.78 is 4.47. The molecule has 8 aromatic rings. The molecule has 4 aromatic carbocycles. The highest BCUT2D eigenvalue weighted by Crippen LogP contribution is 2.33. The Hall–Kier alpha value is -4.96. The monoisotopic (exact) mass is 460 g/mol. The highest BCUT2D eigenvalue weighted by molar-refractivity contribution is 6.10. The quantitative estimate of drug-likeness (QED) is 0.264. The fourth-order valence-electron chi connectivity index (χ4n) is 5.57. The van der Waals surface area contributed by atoms with Crippen molar-refractivity contribution in [2.75, 3.05) is 0 Å². The van der Waals surface area contributed by atoms with Gasteiger partial charge in [-0.15, -0.1) is 0 Å². The van der Waals surface area contributed by atoms with E-state index >= 15 is 0 Å². The molecule has 168 valence electrons. The molecule has 0 atom stereocenters. The SMILES string of the molecule is c1ccc2c(c1)c1ccccc1n2-c1ccc2ccc(-n3c4ccccc4c4ccccc43)nc2n1. The van der Waals surface area contributed by atoms with Crippen molar-refractivity contribution < 1.29 is 0 Å². The minimum absolute atomic E-state index is 0.730. The van der Waals surface area contributed by atoms with Crippen molar-refractivity contribution in [2.45, 2.75) is 0 Å². The van der Waals surface area contributed by atoms with Gasteiger partial charge in [-0.25, -0.2) is 9.97 Å². The first-order valence-corrected chi connectivity index (χ1v) is 12.1. The summed E-state index contributed by atoms with van der Waals surface area (Å²) in [4.78, 5) is 10.2. The van der Waals surface area contributed by atoms with Crippen LogP contribution in [0.25, 0.3) is 66.3 Å². The smallest absolute Gasteiger partial charge is 0.163 e. The van der Waals surface area contributed by atoms with Crippen LogP contribution >= 0.6 is 0 Å². The van der Waals surface area contributed by atoms with Gasteiger partial charge in [0, 0.05) is 26.9 Å². The number of para-hydroxylation sites is 4. The second-order valence-electron chi connectivity index (χ2n) is 9.13. The minimum Gasteiger partial charge on any atom is -0.294 e. The molecule has 4 nitrogen and oxygen atoms in total. The van der Waals surface area contributed by atoms with E-state index in [1.165, 1.54) is 21.5 Å². The highest BCUT2D eigenvalue weighted by atomic mass is 15.1. The van der Waals surface area contributed by atoms with Crippen LogP contribution in [-0.2, 0) is 0 Å². The minimum atomic E-state index is 0.730. The number of hydrogen-bond donors (Lipinski definition) is 0. The Morgan fingerprint density at radius 1 is 0.361 bits per heavy atom. The van der Waals surface area contributed by atoms with E-state index < -0.39 is 0 Å². The molecule has 0 aliphatic carbocycles. The summed E-state index contributed by atoms with van der Waals surface area (Å²) in [6.45, 7) is 0.